The fourth-order valence-corrected chi connectivity index (χ4v) is 6.40. The number of carbonyl (C=O) groups excluding carboxylic acids is 1. The molecule has 0 spiro atoms. The minimum atomic E-state index is -0.707. The average molecular weight is 510 g/mol. The van der Waals surface area contributed by atoms with E-state index >= 15 is 0 Å². The predicted octanol–water partition coefficient (Wildman–Crippen LogP) is 5.66. The normalized spacial score (nSPS) is 27.0. The number of aromatic nitrogens is 3. The van der Waals surface area contributed by atoms with Crippen molar-refractivity contribution in [3.63, 3.8) is 0 Å². The van der Waals surface area contributed by atoms with Gasteiger partial charge in [-0.05, 0) is 58.7 Å². The summed E-state index contributed by atoms with van der Waals surface area (Å²) < 4.78 is 13.1. The van der Waals surface area contributed by atoms with Crippen molar-refractivity contribution in [2.75, 3.05) is 0 Å². The van der Waals surface area contributed by atoms with Gasteiger partial charge in [-0.2, -0.15) is 0 Å². The number of ether oxygens (including phenoxy) is 2. The number of esters is 1. The van der Waals surface area contributed by atoms with Gasteiger partial charge in [0.15, 0.2) is 4.34 Å². The third-order valence-electron chi connectivity index (χ3n) is 5.61. The number of hydrogen-bond donors (Lipinski definition) is 0. The van der Waals surface area contributed by atoms with E-state index in [0.717, 1.165) is 27.8 Å². The number of hydrogen-bond acceptors (Lipinski definition) is 8. The lowest BCUT2D eigenvalue weighted by atomic mass is 9.75. The molecule has 0 amide bonds. The molecule has 1 fully saturated rings. The molecule has 4 atom stereocenters. The molecular formula is C21H24BrN3O3S2. The summed E-state index contributed by atoms with van der Waals surface area (Å²) in [4.78, 5) is 17.0. The Morgan fingerprint density at radius 3 is 2.77 bits per heavy atom. The first-order valence-electron chi connectivity index (χ1n) is 10.1. The fraction of sp³-hybridized carbons (Fsp3) is 0.524. The zero-order chi connectivity index (χ0) is 21.3. The highest BCUT2D eigenvalue weighted by Gasteiger charge is 2.40. The Morgan fingerprint density at radius 2 is 2.03 bits per heavy atom. The number of carbonyl (C=O) groups is 1. The van der Waals surface area contributed by atoms with E-state index in [0.29, 0.717) is 27.1 Å². The number of cyclic esters (lactones) is 1. The van der Waals surface area contributed by atoms with E-state index in [1.54, 1.807) is 12.4 Å². The van der Waals surface area contributed by atoms with Crippen LogP contribution in [0.15, 0.2) is 38.3 Å². The number of thioether (sulfide) groups is 1. The van der Waals surface area contributed by atoms with E-state index in [-0.39, 0.29) is 6.10 Å². The predicted molar refractivity (Wildman–Crippen MR) is 121 cm³/mol. The van der Waals surface area contributed by atoms with Crippen molar-refractivity contribution >= 4 is 45.0 Å². The summed E-state index contributed by atoms with van der Waals surface area (Å²) in [5, 5.41) is 9.37. The summed E-state index contributed by atoms with van der Waals surface area (Å²) in [7, 11) is 0. The molecule has 2 aromatic rings. The minimum absolute atomic E-state index is 0.0716. The first kappa shape index (κ1) is 21.9. The van der Waals surface area contributed by atoms with Crippen LogP contribution in [0.2, 0.25) is 0 Å². The van der Waals surface area contributed by atoms with Gasteiger partial charge in [0.2, 0.25) is 6.29 Å². The molecule has 0 saturated heterocycles. The van der Waals surface area contributed by atoms with Crippen molar-refractivity contribution in [1.29, 1.82) is 0 Å². The van der Waals surface area contributed by atoms with Gasteiger partial charge in [0, 0.05) is 18.0 Å². The van der Waals surface area contributed by atoms with Gasteiger partial charge < -0.3 is 9.47 Å². The topological polar surface area (TPSA) is 74.2 Å². The largest absolute Gasteiger partial charge is 0.427 e. The Morgan fingerprint density at radius 1 is 1.27 bits per heavy atom. The van der Waals surface area contributed by atoms with E-state index < -0.39 is 12.3 Å². The second-order valence-electron chi connectivity index (χ2n) is 8.13. The van der Waals surface area contributed by atoms with Gasteiger partial charge in [-0.1, -0.05) is 50.3 Å². The lowest BCUT2D eigenvalue weighted by molar-refractivity contribution is -0.179. The Balaban J connectivity index is 1.51. The molecule has 9 heteroatoms. The van der Waals surface area contributed by atoms with E-state index in [2.05, 4.69) is 51.9 Å². The Kier molecular flexibility index (Phi) is 6.91. The standard InChI is InChI=1S/C21H24BrN3O3S2/c1-11(2)14-5-4-12(3)10-15(14)27-20-17(16(22)19(26)28-20)29-21-25-24-18(30-21)13-6-8-23-9-7-13/h6-9,11-12,14-15,20H,4-5,10H2,1-3H3/t12-,14+,15-,20+/m1/s1. The molecule has 0 unspecified atom stereocenters. The molecule has 1 aliphatic carbocycles. The molecular weight excluding hydrogens is 486 g/mol. The third-order valence-corrected chi connectivity index (χ3v) is 8.77. The minimum Gasteiger partial charge on any atom is -0.427 e. The maximum atomic E-state index is 12.3. The summed E-state index contributed by atoms with van der Waals surface area (Å²) in [6.45, 7) is 6.73. The summed E-state index contributed by atoms with van der Waals surface area (Å²) in [6, 6.07) is 3.79. The Labute approximate surface area is 193 Å². The lowest BCUT2D eigenvalue weighted by Crippen LogP contribution is -2.37. The van der Waals surface area contributed by atoms with Crippen LogP contribution in [0.3, 0.4) is 0 Å². The first-order chi connectivity index (χ1) is 14.4. The van der Waals surface area contributed by atoms with Crippen molar-refractivity contribution in [1.82, 2.24) is 15.2 Å². The van der Waals surface area contributed by atoms with Crippen LogP contribution < -0.4 is 0 Å². The van der Waals surface area contributed by atoms with Gasteiger partial charge in [-0.3, -0.25) is 4.98 Å². The van der Waals surface area contributed by atoms with Gasteiger partial charge >= 0.3 is 5.97 Å². The number of nitrogens with zero attached hydrogens (tertiary/aromatic N) is 3. The van der Waals surface area contributed by atoms with E-state index in [1.165, 1.54) is 29.5 Å². The van der Waals surface area contributed by atoms with Crippen LogP contribution in [0.5, 0.6) is 0 Å². The Bertz CT molecular complexity index is 935. The van der Waals surface area contributed by atoms with E-state index in [1.807, 2.05) is 12.1 Å². The third kappa shape index (κ3) is 4.79. The molecule has 2 aliphatic rings. The molecule has 0 N–H and O–H groups in total. The van der Waals surface area contributed by atoms with Crippen molar-refractivity contribution in [2.45, 2.75) is 56.8 Å². The monoisotopic (exact) mass is 509 g/mol. The highest BCUT2D eigenvalue weighted by Crippen LogP contribution is 2.44. The van der Waals surface area contributed by atoms with Crippen LogP contribution in [0.4, 0.5) is 0 Å². The van der Waals surface area contributed by atoms with Crippen LogP contribution >= 0.6 is 39.0 Å². The molecule has 4 rings (SSSR count). The van der Waals surface area contributed by atoms with Gasteiger partial charge in [-0.25, -0.2) is 4.79 Å². The molecule has 1 aliphatic heterocycles. The van der Waals surface area contributed by atoms with Gasteiger partial charge in [0.05, 0.1) is 11.0 Å². The van der Waals surface area contributed by atoms with Crippen LogP contribution in [0, 0.1) is 17.8 Å². The maximum Gasteiger partial charge on any atom is 0.348 e. The van der Waals surface area contributed by atoms with Crippen molar-refractivity contribution in [2.24, 2.45) is 17.8 Å². The molecule has 0 aromatic carbocycles. The number of halogens is 1. The van der Waals surface area contributed by atoms with Crippen LogP contribution in [0.1, 0.15) is 40.0 Å². The average Bonchev–Trinajstić information content (AvgIpc) is 3.29. The van der Waals surface area contributed by atoms with Crippen molar-refractivity contribution in [3.8, 4) is 10.6 Å². The summed E-state index contributed by atoms with van der Waals surface area (Å²) in [5.41, 5.74) is 0.963. The van der Waals surface area contributed by atoms with Crippen LogP contribution in [-0.4, -0.2) is 33.5 Å². The SMILES string of the molecule is CC(C)[C@@H]1CC[C@@H](C)C[C@H]1O[C@H]1OC(=O)C(Br)=C1Sc1nnc(-c2ccncc2)s1. The summed E-state index contributed by atoms with van der Waals surface area (Å²) in [5.74, 6) is 1.20. The second-order valence-corrected chi connectivity index (χ2v) is 11.2. The number of pyridine rings is 1. The van der Waals surface area contributed by atoms with E-state index in [4.69, 9.17) is 9.47 Å². The zero-order valence-corrected chi connectivity index (χ0v) is 20.3. The zero-order valence-electron chi connectivity index (χ0n) is 17.1. The van der Waals surface area contributed by atoms with Crippen molar-refractivity contribution < 1.29 is 14.3 Å². The second kappa shape index (κ2) is 9.46. The molecule has 3 heterocycles. The highest BCUT2D eigenvalue weighted by atomic mass is 79.9. The molecule has 6 nitrogen and oxygen atoms in total. The highest BCUT2D eigenvalue weighted by molar-refractivity contribution is 9.12. The fourth-order valence-electron chi connectivity index (χ4n) is 3.98. The molecule has 30 heavy (non-hydrogen) atoms. The quantitative estimate of drug-likeness (QED) is 0.465. The number of rotatable bonds is 6. The summed E-state index contributed by atoms with van der Waals surface area (Å²) >= 11 is 6.24. The maximum absolute atomic E-state index is 12.3. The Hall–Kier alpha value is -1.29. The van der Waals surface area contributed by atoms with Gasteiger partial charge in [0.1, 0.15) is 9.49 Å². The smallest absolute Gasteiger partial charge is 0.348 e. The molecule has 1 saturated carbocycles. The van der Waals surface area contributed by atoms with E-state index in [9.17, 15) is 4.79 Å². The van der Waals surface area contributed by atoms with Gasteiger partial charge in [0.25, 0.3) is 0 Å². The summed E-state index contributed by atoms with van der Waals surface area (Å²) in [6.07, 6.45) is 6.17. The van der Waals surface area contributed by atoms with Gasteiger partial charge in [-0.15, -0.1) is 10.2 Å². The first-order valence-corrected chi connectivity index (χ1v) is 12.5. The van der Waals surface area contributed by atoms with Crippen LogP contribution in [-0.2, 0) is 14.3 Å². The van der Waals surface area contributed by atoms with Crippen LogP contribution in [0.25, 0.3) is 10.6 Å². The molecule has 2 aromatic heterocycles. The van der Waals surface area contributed by atoms with Crippen molar-refractivity contribution in [3.05, 3.63) is 33.9 Å². The molecule has 0 bridgehead atoms. The molecule has 0 radical (unpaired) electrons. The molecule has 160 valence electrons. The lowest BCUT2D eigenvalue weighted by Gasteiger charge is -2.38.